The van der Waals surface area contributed by atoms with Crippen LogP contribution in [0.5, 0.6) is 5.75 Å². The van der Waals surface area contributed by atoms with E-state index in [1.165, 1.54) is 60.3 Å². The number of nitrogens with zero attached hydrogens (tertiary/aromatic N) is 3. The molecule has 12 rings (SSSR count). The molecule has 0 saturated heterocycles. The van der Waals surface area contributed by atoms with Gasteiger partial charge >= 0.3 is 0 Å². The first-order valence-electron chi connectivity index (χ1n) is 27.0. The first kappa shape index (κ1) is 52.9. The van der Waals surface area contributed by atoms with Crippen LogP contribution in [0.3, 0.4) is 0 Å². The topological polar surface area (TPSA) is 50.9 Å². The van der Waals surface area contributed by atoms with E-state index in [1.807, 2.05) is 17.5 Å². The van der Waals surface area contributed by atoms with E-state index in [2.05, 4.69) is 264 Å². The molecule has 0 fully saturated rings. The molecule has 1 aliphatic carbocycles. The van der Waals surface area contributed by atoms with Gasteiger partial charge < -0.3 is 5.11 Å². The number of imidazole rings is 1. The van der Waals surface area contributed by atoms with E-state index in [4.69, 9.17) is 9.97 Å². The van der Waals surface area contributed by atoms with Crippen LogP contribution in [0.1, 0.15) is 105 Å². The maximum absolute atomic E-state index is 12.7. The Balaban J connectivity index is 0.00000645. The second-order valence-corrected chi connectivity index (χ2v) is 26.2. The van der Waals surface area contributed by atoms with Crippen LogP contribution < -0.4 is 0 Å². The number of aromatic nitrogens is 3. The summed E-state index contributed by atoms with van der Waals surface area (Å²) in [5.41, 5.74) is 21.5. The first-order chi connectivity index (χ1) is 36.6. The third-order valence-corrected chi connectivity index (χ3v) is 16.9. The summed E-state index contributed by atoms with van der Waals surface area (Å²) in [6.07, 6.45) is 1.98. The largest absolute Gasteiger partial charge is 0.507 e. The minimum Gasteiger partial charge on any atom is -0.507 e. The molecule has 11 aromatic rings. The van der Waals surface area contributed by atoms with Crippen LogP contribution in [0.25, 0.3) is 116 Å². The summed E-state index contributed by atoms with van der Waals surface area (Å²) in [4.78, 5) is 12.3. The number of fused-ring (bicyclic) bond motifs is 11. The number of hydrogen-bond acceptors (Lipinski definition) is 4. The van der Waals surface area contributed by atoms with E-state index in [1.54, 1.807) is 0 Å². The Labute approximate surface area is 479 Å². The molecule has 0 unspecified atom stereocenters. The van der Waals surface area contributed by atoms with E-state index < -0.39 is 0 Å². The number of benzene rings is 8. The summed E-state index contributed by atoms with van der Waals surface area (Å²) in [6, 6.07) is 65.8. The maximum Gasteiger partial charge on any atom is 0.148 e. The van der Waals surface area contributed by atoms with Crippen LogP contribution in [0.2, 0.25) is 0 Å². The molecule has 0 radical (unpaired) electrons. The Hall–Kier alpha value is -7.17. The van der Waals surface area contributed by atoms with Gasteiger partial charge in [-0.15, -0.1) is 40.7 Å². The van der Waals surface area contributed by atoms with Crippen molar-refractivity contribution in [1.82, 2.24) is 14.5 Å². The van der Waals surface area contributed by atoms with Gasteiger partial charge in [-0.1, -0.05) is 222 Å². The molecule has 1 N–H and O–H groups in total. The van der Waals surface area contributed by atoms with Crippen molar-refractivity contribution >= 4 is 32.5 Å². The minimum atomic E-state index is -0.348. The first-order valence-corrected chi connectivity index (χ1v) is 27.9. The van der Waals surface area contributed by atoms with E-state index in [0.29, 0.717) is 11.4 Å². The second-order valence-electron chi connectivity index (χ2n) is 25.1. The number of phenols is 1. The van der Waals surface area contributed by atoms with Crippen LogP contribution in [-0.4, -0.2) is 19.6 Å². The Morgan fingerprint density at radius 2 is 1.01 bits per heavy atom. The number of aromatic hydroxyl groups is 1. The van der Waals surface area contributed by atoms with E-state index in [-0.39, 0.29) is 48.5 Å². The van der Waals surface area contributed by atoms with Crippen LogP contribution in [0, 0.1) is 6.07 Å². The number of pyridine rings is 1. The molecule has 0 amide bonds. The number of thiophene rings is 1. The van der Waals surface area contributed by atoms with E-state index in [0.717, 1.165) is 66.1 Å². The summed E-state index contributed by atoms with van der Waals surface area (Å²) in [7, 11) is 0. The normalized spacial score (nSPS) is 12.6. The van der Waals surface area contributed by atoms with Gasteiger partial charge in [0.05, 0.1) is 22.3 Å². The van der Waals surface area contributed by atoms with Crippen LogP contribution in [0.4, 0.5) is 0 Å². The quantitative estimate of drug-likeness (QED) is 0.175. The van der Waals surface area contributed by atoms with E-state index >= 15 is 0 Å². The third-order valence-electron chi connectivity index (χ3n) is 15.7. The molecule has 3 heterocycles. The van der Waals surface area contributed by atoms with Crippen LogP contribution >= 0.6 is 11.3 Å². The predicted octanol–water partition coefficient (Wildman–Crippen LogP) is 20.0. The van der Waals surface area contributed by atoms with E-state index in [9.17, 15) is 5.11 Å². The van der Waals surface area contributed by atoms with Crippen molar-refractivity contribution in [2.24, 2.45) is 0 Å². The van der Waals surface area contributed by atoms with Gasteiger partial charge in [0.2, 0.25) is 0 Å². The Kier molecular flexibility index (Phi) is 13.1. The molecular formula is C72H66N3OPtS-. The fraction of sp³-hybridized carbons (Fsp3) is 0.222. The number of rotatable bonds is 5. The summed E-state index contributed by atoms with van der Waals surface area (Å²) in [6.45, 7) is 26.9. The molecule has 0 bridgehead atoms. The third kappa shape index (κ3) is 9.07. The molecule has 0 atom stereocenters. The van der Waals surface area contributed by atoms with Crippen molar-refractivity contribution in [2.75, 3.05) is 0 Å². The van der Waals surface area contributed by atoms with Gasteiger partial charge in [-0.25, -0.2) is 4.98 Å². The molecule has 0 spiro atoms. The maximum atomic E-state index is 12.7. The SMILES string of the molecule is CC(C)(C)c1cc(-c2cccc3c2nc(-c2cc(C(C)(C)C)cc(C(C)(C)C)c2O)n3-c2ccc(C(C)(C)C)cc2-c2ccccc2)[c-]c(-c2nccc3c4c(sc23)-c2ccccc2-c2ccccc2-c2ccccc2-4)c1.[Pt]. The molecule has 3 aromatic heterocycles. The van der Waals surface area contributed by atoms with Gasteiger partial charge in [-0.2, -0.15) is 0 Å². The number of phenolic OH excluding ortho intramolecular Hbond substituents is 1. The standard InChI is InChI=1S/C72H66N3OS.Pt/c1-69(2,3)46-33-34-60(57(40-46)43-23-14-13-15-24-43)75-61-32-22-31-49(64(61)74-68(75)58-41-48(71(7,8)9)42-59(65(58)76)72(10,11)12)44-37-45(39-47(38-44)70(4,5)6)63-67-56(35-36-73-63)62-54-29-20-18-27-52(54)50-25-16-17-26-51(50)53-28-19-21-30-55(53)66(62)77-67;/h13-36,38-42,76H,1-12H3;/q-1;. The van der Waals surface area contributed by atoms with Crippen molar-refractivity contribution in [3.8, 4) is 100 Å². The van der Waals surface area contributed by atoms with Gasteiger partial charge in [0, 0.05) is 64.8 Å². The zero-order valence-corrected chi connectivity index (χ0v) is 49.8. The predicted molar refractivity (Wildman–Crippen MR) is 327 cm³/mol. The number of hydrogen-bond donors (Lipinski definition) is 1. The average molecular weight is 1220 g/mol. The Bertz CT molecular complexity index is 4150. The molecular weight excluding hydrogens is 1150 g/mol. The van der Waals surface area contributed by atoms with Gasteiger partial charge in [-0.3, -0.25) is 9.55 Å². The van der Waals surface area contributed by atoms with Crippen LogP contribution in [-0.2, 0) is 42.7 Å². The van der Waals surface area contributed by atoms with Crippen molar-refractivity contribution in [3.05, 3.63) is 204 Å². The van der Waals surface area contributed by atoms with Crippen molar-refractivity contribution in [3.63, 3.8) is 0 Å². The summed E-state index contributed by atoms with van der Waals surface area (Å²) in [5.74, 6) is 0.928. The fourth-order valence-corrected chi connectivity index (χ4v) is 12.7. The van der Waals surface area contributed by atoms with Crippen LogP contribution in [0.15, 0.2) is 176 Å². The van der Waals surface area contributed by atoms with Crippen molar-refractivity contribution in [1.29, 1.82) is 0 Å². The Morgan fingerprint density at radius 3 is 1.64 bits per heavy atom. The fourth-order valence-electron chi connectivity index (χ4n) is 11.4. The molecule has 392 valence electrons. The van der Waals surface area contributed by atoms with Crippen molar-refractivity contribution < 1.29 is 26.2 Å². The second kappa shape index (κ2) is 19.3. The molecule has 0 saturated carbocycles. The summed E-state index contributed by atoms with van der Waals surface area (Å²) >= 11 is 1.83. The minimum absolute atomic E-state index is 0. The molecule has 4 nitrogen and oxygen atoms in total. The van der Waals surface area contributed by atoms with Gasteiger partial charge in [-0.05, 0) is 102 Å². The monoisotopic (exact) mass is 1220 g/mol. The van der Waals surface area contributed by atoms with Gasteiger partial charge in [0.1, 0.15) is 11.6 Å². The zero-order chi connectivity index (χ0) is 53.9. The Morgan fingerprint density at radius 1 is 0.474 bits per heavy atom. The average Bonchev–Trinajstić information content (AvgIpc) is 4.17. The molecule has 1 aliphatic rings. The van der Waals surface area contributed by atoms with Gasteiger partial charge in [0.15, 0.2) is 0 Å². The summed E-state index contributed by atoms with van der Waals surface area (Å²) < 4.78 is 3.43. The zero-order valence-electron chi connectivity index (χ0n) is 46.8. The summed E-state index contributed by atoms with van der Waals surface area (Å²) in [5, 5.41) is 13.9. The molecule has 8 aromatic carbocycles. The number of para-hydroxylation sites is 1. The molecule has 0 aliphatic heterocycles. The molecule has 78 heavy (non-hydrogen) atoms. The van der Waals surface area contributed by atoms with Crippen molar-refractivity contribution in [2.45, 2.75) is 105 Å². The van der Waals surface area contributed by atoms with Gasteiger partial charge in [0.25, 0.3) is 0 Å². The molecule has 6 heteroatoms. The smallest absolute Gasteiger partial charge is 0.148 e.